The first-order chi connectivity index (χ1) is 11.2. The molecule has 0 aliphatic heterocycles. The van der Waals surface area contributed by atoms with Gasteiger partial charge in [0.05, 0.1) is 10.5 Å². The Morgan fingerprint density at radius 3 is 2.25 bits per heavy atom. The van der Waals surface area contributed by atoms with Crippen LogP contribution >= 0.6 is 0 Å². The van der Waals surface area contributed by atoms with Crippen LogP contribution in [0.25, 0.3) is 0 Å². The minimum absolute atomic E-state index is 0.0889. The van der Waals surface area contributed by atoms with E-state index in [1.807, 2.05) is 30.3 Å². The first-order valence-corrected chi connectivity index (χ1v) is 9.12. The Morgan fingerprint density at radius 1 is 1.04 bits per heavy atom. The van der Waals surface area contributed by atoms with E-state index in [0.29, 0.717) is 5.56 Å². The third-order valence-corrected chi connectivity index (χ3v) is 4.91. The summed E-state index contributed by atoms with van der Waals surface area (Å²) in [6.45, 7) is 5.49. The number of rotatable bonds is 5. The maximum absolute atomic E-state index is 12.6. The van der Waals surface area contributed by atoms with E-state index < -0.39 is 15.6 Å². The van der Waals surface area contributed by atoms with Crippen LogP contribution < -0.4 is 4.72 Å². The summed E-state index contributed by atoms with van der Waals surface area (Å²) in [5.41, 5.74) is 0.583. The van der Waals surface area contributed by atoms with Crippen molar-refractivity contribution in [1.29, 1.82) is 0 Å². The van der Waals surface area contributed by atoms with Crippen molar-refractivity contribution in [2.45, 2.75) is 37.8 Å². The molecule has 2 aromatic rings. The molecule has 1 N–H and O–H groups in total. The van der Waals surface area contributed by atoms with Gasteiger partial charge in [-0.05, 0) is 17.7 Å². The smallest absolute Gasteiger partial charge is 0.241 e. The van der Waals surface area contributed by atoms with E-state index in [2.05, 4.69) is 4.72 Å². The number of hydroxylamine groups is 1. The lowest BCUT2D eigenvalue weighted by atomic mass is 10.1. The summed E-state index contributed by atoms with van der Waals surface area (Å²) >= 11 is 0. The van der Waals surface area contributed by atoms with Crippen LogP contribution in [0.15, 0.2) is 59.5 Å². The first-order valence-electron chi connectivity index (χ1n) is 7.64. The molecule has 0 saturated carbocycles. The van der Waals surface area contributed by atoms with Crippen molar-refractivity contribution in [3.63, 3.8) is 0 Å². The lowest BCUT2D eigenvalue weighted by molar-refractivity contribution is -0.530. The standard InChI is InChI=1S/C18H22N2O3S/c1-18(2,3)20(21)14-16-11-7-8-12-17(16)24(22,23)19-13-15-9-5-4-6-10-15/h4-12,14,19H,13H2,1-3H3. The Morgan fingerprint density at radius 2 is 1.62 bits per heavy atom. The molecule has 24 heavy (non-hydrogen) atoms. The molecule has 0 aliphatic carbocycles. The van der Waals surface area contributed by atoms with Crippen molar-refractivity contribution < 1.29 is 13.2 Å². The average molecular weight is 346 g/mol. The molecule has 0 bridgehead atoms. The van der Waals surface area contributed by atoms with Gasteiger partial charge in [-0.2, -0.15) is 0 Å². The number of nitrogens with zero attached hydrogens (tertiary/aromatic N) is 1. The summed E-state index contributed by atoms with van der Waals surface area (Å²) in [7, 11) is -3.73. The van der Waals surface area contributed by atoms with Gasteiger partial charge in [-0.1, -0.05) is 42.5 Å². The number of hydrogen-bond acceptors (Lipinski definition) is 3. The molecule has 0 unspecified atom stereocenters. The van der Waals surface area contributed by atoms with E-state index in [0.717, 1.165) is 10.3 Å². The second-order valence-corrected chi connectivity index (χ2v) is 8.21. The fourth-order valence-corrected chi connectivity index (χ4v) is 3.20. The van der Waals surface area contributed by atoms with E-state index in [9.17, 15) is 13.6 Å². The van der Waals surface area contributed by atoms with Gasteiger partial charge in [0.1, 0.15) is 0 Å². The van der Waals surface area contributed by atoms with Gasteiger partial charge in [0, 0.05) is 27.3 Å². The summed E-state index contributed by atoms with van der Waals surface area (Å²) in [5.74, 6) is 0. The fourth-order valence-electron chi connectivity index (χ4n) is 2.00. The second-order valence-electron chi connectivity index (χ2n) is 6.47. The number of sulfonamides is 1. The zero-order valence-electron chi connectivity index (χ0n) is 14.1. The van der Waals surface area contributed by atoms with Gasteiger partial charge in [0.2, 0.25) is 10.0 Å². The molecule has 0 amide bonds. The maximum atomic E-state index is 12.6. The molecule has 5 nitrogen and oxygen atoms in total. The monoisotopic (exact) mass is 346 g/mol. The van der Waals surface area contributed by atoms with Crippen LogP contribution in [0.2, 0.25) is 0 Å². The Kier molecular flexibility index (Phi) is 5.41. The quantitative estimate of drug-likeness (QED) is 0.392. The fraction of sp³-hybridized carbons (Fsp3) is 0.278. The minimum atomic E-state index is -3.73. The molecule has 2 aromatic carbocycles. The SMILES string of the molecule is CC(C)(C)[N+]([O-])=Cc1ccccc1S(=O)(=O)NCc1ccccc1. The summed E-state index contributed by atoms with van der Waals surface area (Å²) < 4.78 is 28.5. The number of benzene rings is 2. The number of hydrogen-bond donors (Lipinski definition) is 1. The van der Waals surface area contributed by atoms with Crippen LogP contribution in [0.3, 0.4) is 0 Å². The Bertz CT molecular complexity index is 823. The van der Waals surface area contributed by atoms with Crippen LogP contribution in [0.4, 0.5) is 0 Å². The zero-order chi connectivity index (χ0) is 17.8. The highest BCUT2D eigenvalue weighted by Crippen LogP contribution is 2.15. The van der Waals surface area contributed by atoms with Crippen molar-refractivity contribution >= 4 is 16.2 Å². The zero-order valence-corrected chi connectivity index (χ0v) is 14.9. The molecule has 0 saturated heterocycles. The summed E-state index contributed by atoms with van der Waals surface area (Å²) in [5, 5.41) is 12.1. The highest BCUT2D eigenvalue weighted by molar-refractivity contribution is 7.89. The summed E-state index contributed by atoms with van der Waals surface area (Å²) in [6, 6.07) is 15.7. The van der Waals surface area contributed by atoms with Gasteiger partial charge in [-0.15, -0.1) is 0 Å². The minimum Gasteiger partial charge on any atom is -0.623 e. The van der Waals surface area contributed by atoms with Crippen molar-refractivity contribution in [1.82, 2.24) is 4.72 Å². The molecule has 2 rings (SSSR count). The summed E-state index contributed by atoms with van der Waals surface area (Å²) in [6.07, 6.45) is 1.32. The van der Waals surface area contributed by atoms with Crippen LogP contribution in [-0.4, -0.2) is 24.9 Å². The molecule has 128 valence electrons. The second kappa shape index (κ2) is 7.15. The lowest BCUT2D eigenvalue weighted by Gasteiger charge is -2.19. The molecular formula is C18H22N2O3S. The van der Waals surface area contributed by atoms with E-state index in [4.69, 9.17) is 0 Å². The molecule has 0 atom stereocenters. The van der Waals surface area contributed by atoms with Crippen molar-refractivity contribution in [2.75, 3.05) is 0 Å². The van der Waals surface area contributed by atoms with Crippen molar-refractivity contribution in [3.05, 3.63) is 70.9 Å². The molecule has 0 fully saturated rings. The highest BCUT2D eigenvalue weighted by Gasteiger charge is 2.22. The molecule has 0 radical (unpaired) electrons. The van der Waals surface area contributed by atoms with E-state index in [1.54, 1.807) is 39.0 Å². The van der Waals surface area contributed by atoms with Crippen LogP contribution in [0.5, 0.6) is 0 Å². The predicted octanol–water partition coefficient (Wildman–Crippen LogP) is 2.89. The molecule has 6 heteroatoms. The van der Waals surface area contributed by atoms with Gasteiger partial charge >= 0.3 is 0 Å². The third-order valence-electron chi connectivity index (χ3n) is 3.44. The maximum Gasteiger partial charge on any atom is 0.241 e. The average Bonchev–Trinajstić information content (AvgIpc) is 2.53. The van der Waals surface area contributed by atoms with E-state index in [1.165, 1.54) is 12.3 Å². The van der Waals surface area contributed by atoms with Gasteiger partial charge in [-0.3, -0.25) is 0 Å². The van der Waals surface area contributed by atoms with Crippen molar-refractivity contribution in [2.24, 2.45) is 0 Å². The van der Waals surface area contributed by atoms with Crippen LogP contribution in [0, 0.1) is 5.21 Å². The van der Waals surface area contributed by atoms with E-state index >= 15 is 0 Å². The molecular weight excluding hydrogens is 324 g/mol. The van der Waals surface area contributed by atoms with Gasteiger partial charge in [-0.25, -0.2) is 17.9 Å². The molecule has 0 heterocycles. The summed E-state index contributed by atoms with van der Waals surface area (Å²) in [4.78, 5) is 0.0889. The Balaban J connectivity index is 2.31. The highest BCUT2D eigenvalue weighted by atomic mass is 32.2. The molecule has 0 aromatic heterocycles. The Hall–Kier alpha value is -2.18. The van der Waals surface area contributed by atoms with Crippen LogP contribution in [-0.2, 0) is 16.6 Å². The lowest BCUT2D eigenvalue weighted by Crippen LogP contribution is -2.30. The molecule has 0 aliphatic rings. The topological polar surface area (TPSA) is 72.2 Å². The molecule has 0 spiro atoms. The third kappa shape index (κ3) is 4.66. The normalized spacial score (nSPS) is 13.0. The van der Waals surface area contributed by atoms with Gasteiger partial charge in [0.25, 0.3) is 0 Å². The van der Waals surface area contributed by atoms with Gasteiger partial charge < -0.3 is 5.21 Å². The van der Waals surface area contributed by atoms with Crippen molar-refractivity contribution in [3.8, 4) is 0 Å². The Labute approximate surface area is 143 Å². The van der Waals surface area contributed by atoms with Gasteiger partial charge in [0.15, 0.2) is 11.8 Å². The van der Waals surface area contributed by atoms with Crippen LogP contribution in [0.1, 0.15) is 31.9 Å². The first kappa shape index (κ1) is 18.2. The largest absolute Gasteiger partial charge is 0.623 e. The van der Waals surface area contributed by atoms with E-state index in [-0.39, 0.29) is 11.4 Å². The predicted molar refractivity (Wildman–Crippen MR) is 95.5 cm³/mol. The number of nitrogens with one attached hydrogen (secondary N) is 1.